The summed E-state index contributed by atoms with van der Waals surface area (Å²) >= 11 is 1.29. The van der Waals surface area contributed by atoms with Gasteiger partial charge in [-0.05, 0) is 132 Å². The van der Waals surface area contributed by atoms with Crippen LogP contribution < -0.4 is 4.90 Å². The van der Waals surface area contributed by atoms with Crippen LogP contribution in [0.2, 0.25) is 0 Å². The van der Waals surface area contributed by atoms with E-state index in [4.69, 9.17) is 0 Å². The van der Waals surface area contributed by atoms with Gasteiger partial charge in [-0.2, -0.15) is 8.75 Å². The van der Waals surface area contributed by atoms with E-state index in [0.29, 0.717) is 5.92 Å². The number of rotatable bonds is 21. The van der Waals surface area contributed by atoms with Crippen molar-refractivity contribution in [2.75, 3.05) is 4.90 Å². The minimum Gasteiger partial charge on any atom is -0.311 e. The Bertz CT molecular complexity index is 2550. The highest BCUT2D eigenvalue weighted by Crippen LogP contribution is 2.55. The van der Waals surface area contributed by atoms with Gasteiger partial charge in [-0.25, -0.2) is 0 Å². The van der Waals surface area contributed by atoms with E-state index in [1.807, 2.05) is 0 Å². The maximum atomic E-state index is 4.68. The fraction of sp³-hybridized carbons (Fsp3) is 0.390. The summed E-state index contributed by atoms with van der Waals surface area (Å²) in [6.07, 6.45) is 19.6. The van der Waals surface area contributed by atoms with Gasteiger partial charge in [0.2, 0.25) is 0 Å². The van der Waals surface area contributed by atoms with E-state index >= 15 is 0 Å². The fourth-order valence-corrected chi connectivity index (χ4v) is 10.9. The molecule has 0 N–H and O–H groups in total. The van der Waals surface area contributed by atoms with Crippen molar-refractivity contribution in [1.82, 2.24) is 8.75 Å². The lowest BCUT2D eigenvalue weighted by Gasteiger charge is -2.33. The van der Waals surface area contributed by atoms with Gasteiger partial charge in [0.05, 0.1) is 11.7 Å². The number of unbranched alkanes of at least 4 members (excludes halogenated alkanes) is 10. The van der Waals surface area contributed by atoms with Gasteiger partial charge < -0.3 is 4.90 Å². The third kappa shape index (κ3) is 9.58. The third-order valence-electron chi connectivity index (χ3n) is 14.3. The average molecular weight is 852 g/mol. The molecule has 63 heavy (non-hydrogen) atoms. The van der Waals surface area contributed by atoms with Crippen molar-refractivity contribution in [1.29, 1.82) is 0 Å². The van der Waals surface area contributed by atoms with Gasteiger partial charge in [0.25, 0.3) is 0 Å². The molecule has 0 radical (unpaired) electrons. The standard InChI is InChI=1S/C59H69N3S/c1-7-10-12-14-16-18-38-59(39-19-17-15-13-11-8-2)55-40-42(4)20-35-53(55)54-37-28-48(41-56(54)59)46-24-31-50(32-25-46)62(49-29-22-45(23-30-49)43(5)9-3)51-33-26-47(27-34-51)52-36-21-44(6)57-58(52)61-63-60-57/h20-37,40-41,43H,7-19,38-39H2,1-6H3. The van der Waals surface area contributed by atoms with Crippen molar-refractivity contribution in [2.24, 2.45) is 0 Å². The number of nitrogens with zero attached hydrogens (tertiary/aromatic N) is 3. The normalized spacial score (nSPS) is 13.3. The Morgan fingerprint density at radius 2 is 0.984 bits per heavy atom. The molecule has 1 unspecified atom stereocenters. The molecule has 1 aliphatic carbocycles. The van der Waals surface area contributed by atoms with Crippen LogP contribution in [0.3, 0.4) is 0 Å². The van der Waals surface area contributed by atoms with Crippen molar-refractivity contribution in [3.05, 3.63) is 149 Å². The molecule has 1 aromatic heterocycles. The molecule has 1 heterocycles. The predicted molar refractivity (Wildman–Crippen MR) is 273 cm³/mol. The molecule has 8 rings (SSSR count). The molecule has 0 spiro atoms. The van der Waals surface area contributed by atoms with Crippen LogP contribution in [-0.2, 0) is 5.41 Å². The lowest BCUT2D eigenvalue weighted by molar-refractivity contribution is 0.398. The highest BCUT2D eigenvalue weighted by atomic mass is 32.1. The Morgan fingerprint density at radius 3 is 1.59 bits per heavy atom. The van der Waals surface area contributed by atoms with E-state index in [9.17, 15) is 0 Å². The molecular weight excluding hydrogens is 783 g/mol. The van der Waals surface area contributed by atoms with Crippen LogP contribution >= 0.6 is 11.7 Å². The Hall–Kier alpha value is -5.06. The van der Waals surface area contributed by atoms with Crippen LogP contribution in [0.4, 0.5) is 17.1 Å². The maximum absolute atomic E-state index is 4.68. The first kappa shape index (κ1) is 44.5. The minimum absolute atomic E-state index is 0.0624. The fourth-order valence-electron chi connectivity index (χ4n) is 10.3. The molecule has 4 heteroatoms. The first-order valence-corrected chi connectivity index (χ1v) is 25.2. The topological polar surface area (TPSA) is 29.0 Å². The van der Waals surface area contributed by atoms with E-state index in [-0.39, 0.29) is 5.41 Å². The van der Waals surface area contributed by atoms with E-state index < -0.39 is 0 Å². The minimum atomic E-state index is 0.0624. The summed E-state index contributed by atoms with van der Waals surface area (Å²) in [7, 11) is 0. The summed E-state index contributed by atoms with van der Waals surface area (Å²) in [6, 6.07) is 46.6. The van der Waals surface area contributed by atoms with Gasteiger partial charge in [0, 0.05) is 28.0 Å². The van der Waals surface area contributed by atoms with Crippen LogP contribution in [0.25, 0.3) is 44.4 Å². The summed E-state index contributed by atoms with van der Waals surface area (Å²) in [4.78, 5) is 2.40. The predicted octanol–water partition coefficient (Wildman–Crippen LogP) is 18.4. The summed E-state index contributed by atoms with van der Waals surface area (Å²) in [5.74, 6) is 0.525. The molecule has 1 aliphatic rings. The van der Waals surface area contributed by atoms with Crippen molar-refractivity contribution in [3.8, 4) is 33.4 Å². The molecule has 0 bridgehead atoms. The Labute approximate surface area is 383 Å². The van der Waals surface area contributed by atoms with Crippen molar-refractivity contribution in [2.45, 2.75) is 149 Å². The molecule has 0 saturated heterocycles. The average Bonchev–Trinajstić information content (AvgIpc) is 3.92. The van der Waals surface area contributed by atoms with E-state index in [0.717, 1.165) is 51.2 Å². The molecule has 7 aromatic rings. The molecule has 0 aliphatic heterocycles. The highest BCUT2D eigenvalue weighted by molar-refractivity contribution is 7.00. The highest BCUT2D eigenvalue weighted by Gasteiger charge is 2.42. The number of benzene rings is 6. The van der Waals surface area contributed by atoms with Gasteiger partial charge in [0.15, 0.2) is 0 Å². The Balaban J connectivity index is 1.13. The van der Waals surface area contributed by atoms with Crippen LogP contribution in [0.15, 0.2) is 121 Å². The van der Waals surface area contributed by atoms with E-state index in [1.54, 1.807) is 11.1 Å². The SMILES string of the molecule is CCCCCCCCC1(CCCCCCCC)c2cc(C)ccc2-c2ccc(-c3ccc(N(c4ccc(-c5ccc(C)c6nsnc56)cc4)c4ccc(C(C)CC)cc4)cc3)cc21. The van der Waals surface area contributed by atoms with Crippen LogP contribution in [0.5, 0.6) is 0 Å². The van der Waals surface area contributed by atoms with Crippen LogP contribution in [0.1, 0.15) is 158 Å². The lowest BCUT2D eigenvalue weighted by atomic mass is 9.70. The molecule has 0 saturated carbocycles. The number of fused-ring (bicyclic) bond motifs is 4. The zero-order chi connectivity index (χ0) is 43.8. The second kappa shape index (κ2) is 20.6. The molecule has 0 amide bonds. The van der Waals surface area contributed by atoms with Crippen molar-refractivity contribution >= 4 is 39.8 Å². The number of hydrogen-bond donors (Lipinski definition) is 0. The number of aryl methyl sites for hydroxylation is 2. The maximum Gasteiger partial charge on any atom is 0.112 e. The molecule has 1 atom stereocenters. The van der Waals surface area contributed by atoms with Gasteiger partial charge >= 0.3 is 0 Å². The van der Waals surface area contributed by atoms with Gasteiger partial charge in [-0.1, -0.05) is 189 Å². The van der Waals surface area contributed by atoms with Crippen LogP contribution in [0, 0.1) is 13.8 Å². The van der Waals surface area contributed by atoms with Gasteiger partial charge in [-0.3, -0.25) is 0 Å². The Kier molecular flexibility index (Phi) is 14.6. The van der Waals surface area contributed by atoms with Crippen LogP contribution in [-0.4, -0.2) is 8.75 Å². The first-order chi connectivity index (χ1) is 30.8. The first-order valence-electron chi connectivity index (χ1n) is 24.4. The molecule has 326 valence electrons. The third-order valence-corrected chi connectivity index (χ3v) is 14.8. The molecule has 6 aromatic carbocycles. The summed E-state index contributed by atoms with van der Waals surface area (Å²) in [6.45, 7) is 13.6. The number of aromatic nitrogens is 2. The summed E-state index contributed by atoms with van der Waals surface area (Å²) < 4.78 is 9.27. The molecule has 3 nitrogen and oxygen atoms in total. The number of anilines is 3. The van der Waals surface area contributed by atoms with E-state index in [1.165, 1.54) is 135 Å². The van der Waals surface area contributed by atoms with E-state index in [2.05, 4.69) is 177 Å². The molecular formula is C59H69N3S. The van der Waals surface area contributed by atoms with Crippen molar-refractivity contribution in [3.63, 3.8) is 0 Å². The summed E-state index contributed by atoms with van der Waals surface area (Å²) in [5, 5.41) is 0. The van der Waals surface area contributed by atoms with Gasteiger partial charge in [0.1, 0.15) is 11.0 Å². The van der Waals surface area contributed by atoms with Gasteiger partial charge in [-0.15, -0.1) is 0 Å². The lowest BCUT2D eigenvalue weighted by Crippen LogP contribution is -2.25. The second-order valence-electron chi connectivity index (χ2n) is 18.6. The Morgan fingerprint density at radius 1 is 0.492 bits per heavy atom. The number of hydrogen-bond acceptors (Lipinski definition) is 4. The summed E-state index contributed by atoms with van der Waals surface area (Å²) in [5.41, 5.74) is 20.3. The zero-order valence-electron chi connectivity index (χ0n) is 39.0. The second-order valence-corrected chi connectivity index (χ2v) is 19.2. The quantitative estimate of drug-likeness (QED) is 0.0675. The van der Waals surface area contributed by atoms with Crippen molar-refractivity contribution < 1.29 is 0 Å². The zero-order valence-corrected chi connectivity index (χ0v) is 39.8. The molecule has 0 fully saturated rings. The largest absolute Gasteiger partial charge is 0.311 e. The smallest absolute Gasteiger partial charge is 0.112 e. The monoisotopic (exact) mass is 852 g/mol.